The van der Waals surface area contributed by atoms with Gasteiger partial charge in [0.25, 0.3) is 0 Å². The van der Waals surface area contributed by atoms with E-state index in [1.165, 1.54) is 12.1 Å². The monoisotopic (exact) mass is 287 g/mol. The zero-order chi connectivity index (χ0) is 15.5. The van der Waals surface area contributed by atoms with Crippen molar-refractivity contribution in [2.45, 2.75) is 25.8 Å². The average Bonchev–Trinajstić information content (AvgIpc) is 2.47. The number of hydrogen-bond acceptors (Lipinski definition) is 2. The van der Waals surface area contributed by atoms with Gasteiger partial charge >= 0.3 is 5.97 Å². The number of halogens is 1. The zero-order valence-electron chi connectivity index (χ0n) is 12.1. The van der Waals surface area contributed by atoms with Gasteiger partial charge in [0.05, 0.1) is 0 Å². The molecule has 0 heterocycles. The molecule has 0 aliphatic rings. The molecule has 0 spiro atoms. The molecule has 0 saturated heterocycles. The fourth-order valence-corrected chi connectivity index (χ4v) is 2.18. The van der Waals surface area contributed by atoms with Crippen LogP contribution in [0.2, 0.25) is 0 Å². The van der Waals surface area contributed by atoms with Crippen molar-refractivity contribution in [2.75, 3.05) is 5.32 Å². The van der Waals surface area contributed by atoms with E-state index in [1.807, 2.05) is 19.1 Å². The van der Waals surface area contributed by atoms with Gasteiger partial charge in [-0.2, -0.15) is 0 Å². The van der Waals surface area contributed by atoms with Crippen LogP contribution in [0, 0.1) is 5.82 Å². The Bertz CT molecular complexity index is 639. The van der Waals surface area contributed by atoms with Crippen LogP contribution in [0.15, 0.2) is 48.5 Å². The van der Waals surface area contributed by atoms with Crippen molar-refractivity contribution in [3.8, 4) is 0 Å². The second-order valence-electron chi connectivity index (χ2n) is 5.12. The van der Waals surface area contributed by atoms with E-state index in [0.717, 1.165) is 12.0 Å². The van der Waals surface area contributed by atoms with Gasteiger partial charge in [0.2, 0.25) is 0 Å². The van der Waals surface area contributed by atoms with Crippen molar-refractivity contribution in [1.29, 1.82) is 0 Å². The highest BCUT2D eigenvalue weighted by Gasteiger charge is 2.35. The Labute approximate surface area is 123 Å². The Morgan fingerprint density at radius 1 is 1.24 bits per heavy atom. The van der Waals surface area contributed by atoms with E-state index in [9.17, 15) is 14.3 Å². The summed E-state index contributed by atoms with van der Waals surface area (Å²) in [6, 6.07) is 13.2. The second kappa shape index (κ2) is 5.95. The highest BCUT2D eigenvalue weighted by molar-refractivity contribution is 5.84. The number of rotatable bonds is 5. The maximum Gasteiger partial charge on any atom is 0.333 e. The Hall–Kier alpha value is -2.36. The van der Waals surface area contributed by atoms with Crippen LogP contribution in [0.4, 0.5) is 10.1 Å². The molecule has 21 heavy (non-hydrogen) atoms. The summed E-state index contributed by atoms with van der Waals surface area (Å²) in [6.45, 7) is 3.61. The number of hydrogen-bond donors (Lipinski definition) is 2. The predicted molar refractivity (Wildman–Crippen MR) is 80.8 cm³/mol. The second-order valence-corrected chi connectivity index (χ2v) is 5.12. The molecule has 0 amide bonds. The van der Waals surface area contributed by atoms with Gasteiger partial charge in [-0.05, 0) is 42.7 Å². The number of carbonyl (C=O) groups is 1. The first-order chi connectivity index (χ1) is 9.95. The standard InChI is InChI=1S/C17H18FNO2/c1-3-12-7-9-13(10-8-12)17(2,16(20)21)19-15-6-4-5-14(18)11-15/h4-11,19H,3H2,1-2H3,(H,20,21). The van der Waals surface area contributed by atoms with E-state index in [1.54, 1.807) is 31.2 Å². The molecule has 3 nitrogen and oxygen atoms in total. The van der Waals surface area contributed by atoms with Gasteiger partial charge in [0, 0.05) is 5.69 Å². The van der Waals surface area contributed by atoms with Crippen molar-refractivity contribution in [2.24, 2.45) is 0 Å². The van der Waals surface area contributed by atoms with Gasteiger partial charge < -0.3 is 10.4 Å². The summed E-state index contributed by atoms with van der Waals surface area (Å²) in [5.74, 6) is -1.43. The number of nitrogens with one attached hydrogen (secondary N) is 1. The third kappa shape index (κ3) is 3.21. The van der Waals surface area contributed by atoms with Crippen molar-refractivity contribution < 1.29 is 14.3 Å². The van der Waals surface area contributed by atoms with E-state index in [2.05, 4.69) is 5.32 Å². The summed E-state index contributed by atoms with van der Waals surface area (Å²) in [5.41, 5.74) is 0.869. The molecule has 4 heteroatoms. The molecule has 1 unspecified atom stereocenters. The van der Waals surface area contributed by atoms with Gasteiger partial charge in [-0.25, -0.2) is 9.18 Å². The maximum absolute atomic E-state index is 13.3. The summed E-state index contributed by atoms with van der Waals surface area (Å²) >= 11 is 0. The molecule has 1 atom stereocenters. The zero-order valence-corrected chi connectivity index (χ0v) is 12.1. The molecule has 2 N–H and O–H groups in total. The fraction of sp³-hybridized carbons (Fsp3) is 0.235. The lowest BCUT2D eigenvalue weighted by atomic mass is 9.90. The molecule has 0 saturated carbocycles. The van der Waals surface area contributed by atoms with Gasteiger partial charge in [-0.1, -0.05) is 37.3 Å². The summed E-state index contributed by atoms with van der Waals surface area (Å²) in [7, 11) is 0. The van der Waals surface area contributed by atoms with Crippen LogP contribution in [0.3, 0.4) is 0 Å². The topological polar surface area (TPSA) is 49.3 Å². The van der Waals surface area contributed by atoms with Crippen molar-refractivity contribution in [1.82, 2.24) is 0 Å². The Morgan fingerprint density at radius 3 is 2.43 bits per heavy atom. The molecule has 110 valence electrons. The summed E-state index contributed by atoms with van der Waals surface area (Å²) in [5, 5.41) is 12.5. The van der Waals surface area contributed by atoms with Crippen LogP contribution in [0.25, 0.3) is 0 Å². The summed E-state index contributed by atoms with van der Waals surface area (Å²) in [6.07, 6.45) is 0.890. The van der Waals surface area contributed by atoms with Gasteiger partial charge in [-0.3, -0.25) is 0 Å². The molecule has 2 aromatic carbocycles. The van der Waals surface area contributed by atoms with E-state index in [0.29, 0.717) is 11.3 Å². The van der Waals surface area contributed by atoms with Gasteiger partial charge in [0.1, 0.15) is 5.82 Å². The summed E-state index contributed by atoms with van der Waals surface area (Å²) < 4.78 is 13.3. The van der Waals surface area contributed by atoms with Crippen molar-refractivity contribution >= 4 is 11.7 Å². The molecular formula is C17H18FNO2. The van der Waals surface area contributed by atoms with E-state index < -0.39 is 17.3 Å². The minimum Gasteiger partial charge on any atom is -0.479 e. The van der Waals surface area contributed by atoms with E-state index in [-0.39, 0.29) is 0 Å². The van der Waals surface area contributed by atoms with Gasteiger partial charge in [-0.15, -0.1) is 0 Å². The SMILES string of the molecule is CCc1ccc(C(C)(Nc2cccc(F)c2)C(=O)O)cc1. The van der Waals surface area contributed by atoms with E-state index in [4.69, 9.17) is 0 Å². The van der Waals surface area contributed by atoms with E-state index >= 15 is 0 Å². The largest absolute Gasteiger partial charge is 0.479 e. The van der Waals surface area contributed by atoms with Crippen LogP contribution >= 0.6 is 0 Å². The minimum absolute atomic E-state index is 0.408. The predicted octanol–water partition coefficient (Wildman–Crippen LogP) is 3.80. The van der Waals surface area contributed by atoms with Crippen LogP contribution in [0.5, 0.6) is 0 Å². The van der Waals surface area contributed by atoms with Crippen molar-refractivity contribution in [3.63, 3.8) is 0 Å². The Kier molecular flexibility index (Phi) is 4.26. The highest BCUT2D eigenvalue weighted by atomic mass is 19.1. The first-order valence-corrected chi connectivity index (χ1v) is 6.82. The third-order valence-corrected chi connectivity index (χ3v) is 3.59. The average molecular weight is 287 g/mol. The van der Waals surface area contributed by atoms with Gasteiger partial charge in [0.15, 0.2) is 5.54 Å². The first kappa shape index (κ1) is 15.0. The number of carboxylic acids is 1. The molecule has 0 radical (unpaired) electrons. The fourth-order valence-electron chi connectivity index (χ4n) is 2.18. The molecule has 2 rings (SSSR count). The molecule has 0 fully saturated rings. The molecule has 0 bridgehead atoms. The number of benzene rings is 2. The normalized spacial score (nSPS) is 13.5. The Balaban J connectivity index is 2.37. The lowest BCUT2D eigenvalue weighted by Gasteiger charge is -2.28. The summed E-state index contributed by atoms with van der Waals surface area (Å²) in [4.78, 5) is 11.7. The number of aliphatic carboxylic acids is 1. The highest BCUT2D eigenvalue weighted by Crippen LogP contribution is 2.27. The molecule has 2 aromatic rings. The number of carboxylic acid groups (broad SMARTS) is 1. The molecule has 0 aliphatic carbocycles. The maximum atomic E-state index is 13.3. The minimum atomic E-state index is -1.32. The molecule has 0 aromatic heterocycles. The third-order valence-electron chi connectivity index (χ3n) is 3.59. The van der Waals surface area contributed by atoms with Crippen LogP contribution in [-0.2, 0) is 16.8 Å². The van der Waals surface area contributed by atoms with Crippen LogP contribution < -0.4 is 5.32 Å². The van der Waals surface area contributed by atoms with Crippen LogP contribution in [0.1, 0.15) is 25.0 Å². The van der Waals surface area contributed by atoms with Crippen molar-refractivity contribution in [3.05, 3.63) is 65.5 Å². The Morgan fingerprint density at radius 2 is 1.90 bits per heavy atom. The number of aryl methyl sites for hydroxylation is 1. The lowest BCUT2D eigenvalue weighted by molar-refractivity contribution is -0.142. The molecule has 0 aliphatic heterocycles. The van der Waals surface area contributed by atoms with Crippen LogP contribution in [-0.4, -0.2) is 11.1 Å². The quantitative estimate of drug-likeness (QED) is 0.879. The first-order valence-electron chi connectivity index (χ1n) is 6.82. The molecular weight excluding hydrogens is 269 g/mol. The number of anilines is 1. The lowest BCUT2D eigenvalue weighted by Crippen LogP contribution is -2.40. The smallest absolute Gasteiger partial charge is 0.333 e.